The first-order chi connectivity index (χ1) is 9.77. The minimum Gasteiger partial charge on any atom is -0.350 e. The second-order valence-electron chi connectivity index (χ2n) is 6.29. The van der Waals surface area contributed by atoms with Crippen molar-refractivity contribution in [3.8, 4) is 0 Å². The van der Waals surface area contributed by atoms with Crippen LogP contribution >= 0.6 is 0 Å². The summed E-state index contributed by atoms with van der Waals surface area (Å²) in [4.78, 5) is 17.1. The zero-order chi connectivity index (χ0) is 15.4. The number of aromatic nitrogens is 1. The Balaban J connectivity index is 1.85. The van der Waals surface area contributed by atoms with Gasteiger partial charge in [-0.1, -0.05) is 0 Å². The predicted molar refractivity (Wildman–Crippen MR) is 77.6 cm³/mol. The van der Waals surface area contributed by atoms with Crippen molar-refractivity contribution in [2.45, 2.75) is 26.4 Å². The lowest BCUT2D eigenvalue weighted by molar-refractivity contribution is -0.00139. The summed E-state index contributed by atoms with van der Waals surface area (Å²) in [5.74, 6) is -0.612. The molecule has 0 atom stereocenters. The van der Waals surface area contributed by atoms with Gasteiger partial charge in [-0.05, 0) is 44.5 Å². The number of amides is 1. The number of nitrogens with zero attached hydrogens (tertiary/aromatic N) is 1. The zero-order valence-corrected chi connectivity index (χ0v) is 12.3. The van der Waals surface area contributed by atoms with E-state index in [4.69, 9.17) is 0 Å². The van der Waals surface area contributed by atoms with E-state index in [9.17, 15) is 13.6 Å². The van der Waals surface area contributed by atoms with E-state index >= 15 is 0 Å². The second kappa shape index (κ2) is 4.55. The molecule has 0 bridgehead atoms. The lowest BCUT2D eigenvalue weighted by atomic mass is 9.85. The van der Waals surface area contributed by atoms with Crippen LogP contribution in [0.15, 0.2) is 18.2 Å². The van der Waals surface area contributed by atoms with Crippen LogP contribution in [0.1, 0.15) is 29.9 Å². The topological polar surface area (TPSA) is 36.1 Å². The van der Waals surface area contributed by atoms with Crippen LogP contribution in [0, 0.1) is 18.7 Å². The number of carbonyl (C=O) groups excluding carboxylic acids is 1. The Morgan fingerprint density at radius 3 is 2.67 bits per heavy atom. The van der Waals surface area contributed by atoms with Gasteiger partial charge in [-0.15, -0.1) is 0 Å². The first-order valence-corrected chi connectivity index (χ1v) is 7.03. The number of H-pyrrole nitrogens is 1. The summed E-state index contributed by atoms with van der Waals surface area (Å²) < 4.78 is 27.0. The van der Waals surface area contributed by atoms with Gasteiger partial charge in [0.25, 0.3) is 5.91 Å². The SMILES string of the molecule is Cc1c(C(=O)N2CC(C(C)(C)F)C2)[nH]c2cc(F)ccc12. The molecule has 1 saturated heterocycles. The van der Waals surface area contributed by atoms with Crippen LogP contribution in [0.5, 0.6) is 0 Å². The molecule has 0 aliphatic carbocycles. The summed E-state index contributed by atoms with van der Waals surface area (Å²) in [5, 5.41) is 0.836. The summed E-state index contributed by atoms with van der Waals surface area (Å²) >= 11 is 0. The first kappa shape index (κ1) is 14.0. The molecule has 2 heterocycles. The van der Waals surface area contributed by atoms with Crippen molar-refractivity contribution in [2.75, 3.05) is 13.1 Å². The number of aromatic amines is 1. The van der Waals surface area contributed by atoms with Crippen LogP contribution in [0.25, 0.3) is 10.9 Å². The summed E-state index contributed by atoms with van der Waals surface area (Å²) in [5.41, 5.74) is 0.609. The minimum absolute atomic E-state index is 0.122. The second-order valence-corrected chi connectivity index (χ2v) is 6.29. The Bertz CT molecular complexity index is 709. The third kappa shape index (κ3) is 2.30. The Kier molecular flexibility index (Phi) is 3.04. The molecule has 1 aromatic heterocycles. The smallest absolute Gasteiger partial charge is 0.270 e. The van der Waals surface area contributed by atoms with E-state index < -0.39 is 5.67 Å². The molecule has 1 amide bonds. The van der Waals surface area contributed by atoms with E-state index in [0.29, 0.717) is 24.3 Å². The lowest BCUT2D eigenvalue weighted by Gasteiger charge is -2.43. The van der Waals surface area contributed by atoms with Gasteiger partial charge in [0.05, 0.1) is 0 Å². The monoisotopic (exact) mass is 292 g/mol. The standard InChI is InChI=1S/C16H18F2N2O/c1-9-12-5-4-11(17)6-13(12)19-14(9)15(21)20-7-10(8-20)16(2,3)18/h4-6,10,19H,7-8H2,1-3H3. The summed E-state index contributed by atoms with van der Waals surface area (Å²) in [6, 6.07) is 4.42. The Hall–Kier alpha value is -1.91. The van der Waals surface area contributed by atoms with Crippen LogP contribution in [0.2, 0.25) is 0 Å². The molecular weight excluding hydrogens is 274 g/mol. The van der Waals surface area contributed by atoms with E-state index in [-0.39, 0.29) is 17.6 Å². The minimum atomic E-state index is -1.27. The molecule has 5 heteroatoms. The van der Waals surface area contributed by atoms with E-state index in [1.807, 2.05) is 6.92 Å². The lowest BCUT2D eigenvalue weighted by Crippen LogP contribution is -2.56. The van der Waals surface area contributed by atoms with E-state index in [2.05, 4.69) is 4.98 Å². The van der Waals surface area contributed by atoms with Crippen molar-refractivity contribution >= 4 is 16.8 Å². The van der Waals surface area contributed by atoms with Gasteiger partial charge in [0.15, 0.2) is 0 Å². The molecule has 1 aromatic carbocycles. The van der Waals surface area contributed by atoms with Crippen molar-refractivity contribution in [1.29, 1.82) is 0 Å². The highest BCUT2D eigenvalue weighted by Gasteiger charge is 2.41. The molecule has 1 fully saturated rings. The number of rotatable bonds is 2. The molecule has 1 aliphatic rings. The molecule has 1 aliphatic heterocycles. The first-order valence-electron chi connectivity index (χ1n) is 7.03. The van der Waals surface area contributed by atoms with Crippen molar-refractivity contribution < 1.29 is 13.6 Å². The molecule has 0 radical (unpaired) electrons. The molecule has 2 aromatic rings. The van der Waals surface area contributed by atoms with Crippen molar-refractivity contribution in [3.63, 3.8) is 0 Å². The molecule has 3 nitrogen and oxygen atoms in total. The third-order valence-corrected chi connectivity index (χ3v) is 4.37. The van der Waals surface area contributed by atoms with Gasteiger partial charge in [-0.3, -0.25) is 4.79 Å². The summed E-state index contributed by atoms with van der Waals surface area (Å²) in [6.45, 7) is 5.75. The van der Waals surface area contributed by atoms with Gasteiger partial charge in [0, 0.05) is 29.9 Å². The fourth-order valence-corrected chi connectivity index (χ4v) is 2.76. The molecule has 21 heavy (non-hydrogen) atoms. The van der Waals surface area contributed by atoms with Gasteiger partial charge >= 0.3 is 0 Å². The maximum atomic E-state index is 13.8. The molecular formula is C16H18F2N2O. The average molecular weight is 292 g/mol. The highest BCUT2D eigenvalue weighted by Crippen LogP contribution is 2.32. The van der Waals surface area contributed by atoms with Gasteiger partial charge in [0.1, 0.15) is 17.2 Å². The molecule has 1 N–H and O–H groups in total. The predicted octanol–water partition coefficient (Wildman–Crippen LogP) is 3.44. The van der Waals surface area contributed by atoms with Crippen LogP contribution in [0.4, 0.5) is 8.78 Å². The van der Waals surface area contributed by atoms with E-state index in [1.54, 1.807) is 11.0 Å². The molecule has 0 spiro atoms. The van der Waals surface area contributed by atoms with Crippen molar-refractivity contribution in [1.82, 2.24) is 9.88 Å². The van der Waals surface area contributed by atoms with E-state index in [0.717, 1.165) is 10.9 Å². The quantitative estimate of drug-likeness (QED) is 0.904. The van der Waals surface area contributed by atoms with Gasteiger partial charge in [0.2, 0.25) is 0 Å². The van der Waals surface area contributed by atoms with E-state index in [1.165, 1.54) is 26.0 Å². The number of halogens is 2. The number of alkyl halides is 1. The molecule has 112 valence electrons. The fourth-order valence-electron chi connectivity index (χ4n) is 2.76. The Labute approximate surface area is 121 Å². The maximum absolute atomic E-state index is 13.8. The maximum Gasteiger partial charge on any atom is 0.270 e. The summed E-state index contributed by atoms with van der Waals surface area (Å²) in [7, 11) is 0. The van der Waals surface area contributed by atoms with Crippen LogP contribution < -0.4 is 0 Å². The van der Waals surface area contributed by atoms with Gasteiger partial charge in [-0.25, -0.2) is 8.78 Å². The third-order valence-electron chi connectivity index (χ3n) is 4.37. The highest BCUT2D eigenvalue weighted by atomic mass is 19.1. The molecule has 0 saturated carbocycles. The van der Waals surface area contributed by atoms with Crippen molar-refractivity contribution in [2.24, 2.45) is 5.92 Å². The number of hydrogen-bond donors (Lipinski definition) is 1. The van der Waals surface area contributed by atoms with Crippen LogP contribution in [-0.2, 0) is 0 Å². The van der Waals surface area contributed by atoms with Crippen molar-refractivity contribution in [3.05, 3.63) is 35.3 Å². The number of fused-ring (bicyclic) bond motifs is 1. The Morgan fingerprint density at radius 1 is 1.38 bits per heavy atom. The number of benzene rings is 1. The Morgan fingerprint density at radius 2 is 2.05 bits per heavy atom. The molecule has 0 unspecified atom stereocenters. The largest absolute Gasteiger partial charge is 0.350 e. The van der Waals surface area contributed by atoms with Gasteiger partial charge in [-0.2, -0.15) is 0 Å². The number of likely N-dealkylation sites (tertiary alicyclic amines) is 1. The highest BCUT2D eigenvalue weighted by molar-refractivity contribution is 6.01. The normalized spacial score (nSPS) is 16.3. The van der Waals surface area contributed by atoms with Crippen LogP contribution in [0.3, 0.4) is 0 Å². The zero-order valence-electron chi connectivity index (χ0n) is 12.3. The average Bonchev–Trinajstić information content (AvgIpc) is 2.62. The number of aryl methyl sites for hydroxylation is 1. The fraction of sp³-hybridized carbons (Fsp3) is 0.438. The van der Waals surface area contributed by atoms with Gasteiger partial charge < -0.3 is 9.88 Å². The number of nitrogens with one attached hydrogen (secondary N) is 1. The molecule has 3 rings (SSSR count). The number of carbonyl (C=O) groups is 1. The van der Waals surface area contributed by atoms with Crippen LogP contribution in [-0.4, -0.2) is 34.5 Å². The summed E-state index contributed by atoms with van der Waals surface area (Å²) in [6.07, 6.45) is 0. The number of hydrogen-bond acceptors (Lipinski definition) is 1.